The van der Waals surface area contributed by atoms with E-state index in [4.69, 9.17) is 20.2 Å². The molecule has 9 heteroatoms. The Morgan fingerprint density at radius 2 is 1.89 bits per heavy atom. The fourth-order valence-electron chi connectivity index (χ4n) is 1.53. The second kappa shape index (κ2) is 6.17. The molecule has 0 aliphatic rings. The van der Waals surface area contributed by atoms with E-state index in [-0.39, 0.29) is 11.8 Å². The van der Waals surface area contributed by atoms with Crippen molar-refractivity contribution in [1.82, 2.24) is 14.8 Å². The van der Waals surface area contributed by atoms with Gasteiger partial charge in [0.15, 0.2) is 5.82 Å². The molecular formula is C10H18ClN3O4S. The van der Waals surface area contributed by atoms with Crippen molar-refractivity contribution in [1.29, 1.82) is 0 Å². The minimum atomic E-state index is -3.95. The highest BCUT2D eigenvalue weighted by Crippen LogP contribution is 2.23. The van der Waals surface area contributed by atoms with Gasteiger partial charge in [0, 0.05) is 23.3 Å². The van der Waals surface area contributed by atoms with Crippen LogP contribution in [0, 0.1) is 0 Å². The van der Waals surface area contributed by atoms with Gasteiger partial charge in [-0.15, -0.1) is 10.2 Å². The molecule has 0 radical (unpaired) electrons. The average molecular weight is 312 g/mol. The first kappa shape index (κ1) is 16.4. The summed E-state index contributed by atoms with van der Waals surface area (Å²) in [5.74, 6) is 0.405. The number of rotatable bonds is 6. The van der Waals surface area contributed by atoms with Crippen LogP contribution in [-0.4, -0.2) is 43.5 Å². The molecule has 0 aliphatic heterocycles. The lowest BCUT2D eigenvalue weighted by Crippen LogP contribution is -2.27. The van der Waals surface area contributed by atoms with Gasteiger partial charge in [-0.25, -0.2) is 8.42 Å². The van der Waals surface area contributed by atoms with Crippen LogP contribution in [-0.2, 0) is 30.7 Å². The number of aromatic nitrogens is 3. The van der Waals surface area contributed by atoms with Gasteiger partial charge in [-0.05, 0) is 20.8 Å². The zero-order valence-corrected chi connectivity index (χ0v) is 13.0. The summed E-state index contributed by atoms with van der Waals surface area (Å²) in [6, 6.07) is 0. The molecular weight excluding hydrogens is 294 g/mol. The van der Waals surface area contributed by atoms with Gasteiger partial charge >= 0.3 is 0 Å². The van der Waals surface area contributed by atoms with Crippen molar-refractivity contribution in [2.45, 2.75) is 38.1 Å². The molecule has 0 atom stereocenters. The maximum Gasteiger partial charge on any atom is 0.296 e. The monoisotopic (exact) mass is 311 g/mol. The Hall–Kier alpha value is -0.700. The van der Waals surface area contributed by atoms with E-state index in [1.165, 1.54) is 4.57 Å². The predicted octanol–water partition coefficient (Wildman–Crippen LogP) is 1.12. The first-order valence-corrected chi connectivity index (χ1v) is 7.95. The summed E-state index contributed by atoms with van der Waals surface area (Å²) in [6.45, 7) is 6.47. The summed E-state index contributed by atoms with van der Waals surface area (Å²) in [6.07, 6.45) is 0. The van der Waals surface area contributed by atoms with Gasteiger partial charge < -0.3 is 9.47 Å². The second-order valence-electron chi connectivity index (χ2n) is 4.89. The molecule has 0 aromatic carbocycles. The van der Waals surface area contributed by atoms with Crippen LogP contribution in [0.5, 0.6) is 0 Å². The van der Waals surface area contributed by atoms with Crippen LogP contribution in [0.25, 0.3) is 0 Å². The second-order valence-corrected chi connectivity index (χ2v) is 7.35. The number of methoxy groups -OCH3 is 1. The Balaban J connectivity index is 3.03. The third-order valence-corrected chi connectivity index (χ3v) is 3.37. The molecule has 0 aliphatic carbocycles. The van der Waals surface area contributed by atoms with Crippen LogP contribution in [0.1, 0.15) is 26.6 Å². The number of nitrogens with zero attached hydrogens (tertiary/aromatic N) is 3. The van der Waals surface area contributed by atoms with Crippen LogP contribution in [0.15, 0.2) is 5.16 Å². The van der Waals surface area contributed by atoms with E-state index in [2.05, 4.69) is 10.2 Å². The van der Waals surface area contributed by atoms with Crippen molar-refractivity contribution in [2.75, 3.05) is 20.3 Å². The molecule has 19 heavy (non-hydrogen) atoms. The number of hydrogen-bond donors (Lipinski definition) is 0. The van der Waals surface area contributed by atoms with Gasteiger partial charge in [0.05, 0.1) is 13.2 Å². The molecule has 0 amide bonds. The van der Waals surface area contributed by atoms with E-state index in [0.717, 1.165) is 0 Å². The minimum absolute atomic E-state index is 0.139. The van der Waals surface area contributed by atoms with Gasteiger partial charge in [0.2, 0.25) is 0 Å². The summed E-state index contributed by atoms with van der Waals surface area (Å²) >= 11 is 0. The SMILES string of the molecule is COCCOCc1nnc(S(=O)(=O)Cl)n1C(C)(C)C. The molecule has 1 aromatic heterocycles. The van der Waals surface area contributed by atoms with Gasteiger partial charge in [-0.2, -0.15) is 0 Å². The van der Waals surface area contributed by atoms with Crippen LogP contribution in [0.4, 0.5) is 0 Å². The molecule has 0 bridgehead atoms. The fraction of sp³-hybridized carbons (Fsp3) is 0.800. The van der Waals surface area contributed by atoms with E-state index < -0.39 is 14.6 Å². The largest absolute Gasteiger partial charge is 0.382 e. The number of hydrogen-bond acceptors (Lipinski definition) is 6. The highest BCUT2D eigenvalue weighted by atomic mass is 35.7. The molecule has 7 nitrogen and oxygen atoms in total. The van der Waals surface area contributed by atoms with E-state index in [0.29, 0.717) is 19.0 Å². The molecule has 1 aromatic rings. The molecule has 0 fully saturated rings. The van der Waals surface area contributed by atoms with Crippen LogP contribution in [0.2, 0.25) is 0 Å². The Kier molecular flexibility index (Phi) is 5.31. The lowest BCUT2D eigenvalue weighted by atomic mass is 10.1. The highest BCUT2D eigenvalue weighted by Gasteiger charge is 2.29. The number of ether oxygens (including phenoxy) is 2. The Morgan fingerprint density at radius 1 is 1.26 bits per heavy atom. The lowest BCUT2D eigenvalue weighted by Gasteiger charge is -2.23. The molecule has 1 rings (SSSR count). The molecule has 0 saturated carbocycles. The molecule has 0 spiro atoms. The third-order valence-electron chi connectivity index (χ3n) is 2.25. The maximum absolute atomic E-state index is 11.5. The lowest BCUT2D eigenvalue weighted by molar-refractivity contribution is 0.0553. The van der Waals surface area contributed by atoms with Crippen molar-refractivity contribution in [3.63, 3.8) is 0 Å². The highest BCUT2D eigenvalue weighted by molar-refractivity contribution is 8.13. The zero-order chi connectivity index (χ0) is 14.7. The smallest absolute Gasteiger partial charge is 0.296 e. The van der Waals surface area contributed by atoms with Crippen molar-refractivity contribution in [2.24, 2.45) is 0 Å². The van der Waals surface area contributed by atoms with Gasteiger partial charge in [-0.1, -0.05) is 0 Å². The van der Waals surface area contributed by atoms with E-state index in [9.17, 15) is 8.42 Å². The zero-order valence-electron chi connectivity index (χ0n) is 11.4. The van der Waals surface area contributed by atoms with E-state index in [1.807, 2.05) is 20.8 Å². The van der Waals surface area contributed by atoms with E-state index >= 15 is 0 Å². The van der Waals surface area contributed by atoms with Crippen molar-refractivity contribution in [3.8, 4) is 0 Å². The Bertz CT molecular complexity index is 521. The quantitative estimate of drug-likeness (QED) is 0.578. The topological polar surface area (TPSA) is 83.3 Å². The molecule has 0 N–H and O–H groups in total. The average Bonchev–Trinajstić information content (AvgIpc) is 2.67. The van der Waals surface area contributed by atoms with Crippen molar-refractivity contribution >= 4 is 19.7 Å². The molecule has 1 heterocycles. The maximum atomic E-state index is 11.5. The van der Waals surface area contributed by atoms with Gasteiger partial charge in [0.25, 0.3) is 14.2 Å². The first-order valence-electron chi connectivity index (χ1n) is 5.64. The summed E-state index contributed by atoms with van der Waals surface area (Å²) in [7, 11) is 2.97. The third kappa shape index (κ3) is 4.41. The minimum Gasteiger partial charge on any atom is -0.382 e. The Morgan fingerprint density at radius 3 is 2.37 bits per heavy atom. The summed E-state index contributed by atoms with van der Waals surface area (Å²) in [4.78, 5) is 0. The normalized spacial score (nSPS) is 12.9. The van der Waals surface area contributed by atoms with Gasteiger partial charge in [0.1, 0.15) is 6.61 Å². The summed E-state index contributed by atoms with van der Waals surface area (Å²) < 4.78 is 34.6. The van der Waals surface area contributed by atoms with Crippen LogP contribution < -0.4 is 0 Å². The van der Waals surface area contributed by atoms with Crippen molar-refractivity contribution < 1.29 is 17.9 Å². The van der Waals surface area contributed by atoms with E-state index in [1.54, 1.807) is 7.11 Å². The summed E-state index contributed by atoms with van der Waals surface area (Å²) in [5.41, 5.74) is -0.527. The van der Waals surface area contributed by atoms with Crippen LogP contribution >= 0.6 is 10.7 Å². The fourth-order valence-corrected chi connectivity index (χ4v) is 2.57. The number of halogens is 1. The predicted molar refractivity (Wildman–Crippen MR) is 69.6 cm³/mol. The molecule has 0 saturated heterocycles. The standard InChI is InChI=1S/C10H18ClN3O4S/c1-10(2,3)14-8(7-18-6-5-17-4)12-13-9(14)19(11,15)16/h5-7H2,1-4H3. The molecule has 0 unspecified atom stereocenters. The molecule has 110 valence electrons. The van der Waals surface area contributed by atoms with Crippen LogP contribution in [0.3, 0.4) is 0 Å². The summed E-state index contributed by atoms with van der Waals surface area (Å²) in [5, 5.41) is 7.19. The Labute approximate surface area is 117 Å². The van der Waals surface area contributed by atoms with Crippen molar-refractivity contribution in [3.05, 3.63) is 5.82 Å². The van der Waals surface area contributed by atoms with Gasteiger partial charge in [-0.3, -0.25) is 4.57 Å². The first-order chi connectivity index (χ1) is 8.68.